The van der Waals surface area contributed by atoms with Crippen LogP contribution in [0.3, 0.4) is 0 Å². The van der Waals surface area contributed by atoms with Gasteiger partial charge in [0.15, 0.2) is 0 Å². The lowest BCUT2D eigenvalue weighted by molar-refractivity contribution is -0.297. The zero-order chi connectivity index (χ0) is 21.3. The van der Waals surface area contributed by atoms with Gasteiger partial charge in [0.25, 0.3) is 0 Å². The van der Waals surface area contributed by atoms with Gasteiger partial charge in [-0.25, -0.2) is 4.57 Å². The second kappa shape index (κ2) is 12.0. The van der Waals surface area contributed by atoms with Crippen molar-refractivity contribution < 1.29 is 23.7 Å². The lowest BCUT2D eigenvalue weighted by atomic mass is 9.80. The zero-order valence-electron chi connectivity index (χ0n) is 18.7. The molecule has 0 aliphatic carbocycles. The van der Waals surface area contributed by atoms with Gasteiger partial charge in [0.2, 0.25) is 0 Å². The van der Waals surface area contributed by atoms with Gasteiger partial charge >= 0.3 is 7.82 Å². The average molecular weight is 421 g/mol. The van der Waals surface area contributed by atoms with E-state index in [1.165, 1.54) is 44.9 Å². The summed E-state index contributed by atoms with van der Waals surface area (Å²) in [6.07, 6.45) is 12.4. The molecule has 0 aromatic heterocycles. The SMILES string of the molecule is CCCCCCCCCCCCOP(=O)(O)OC1CC(C)(C)N([O])C(C)(C)C1. The van der Waals surface area contributed by atoms with Gasteiger partial charge in [0.1, 0.15) is 0 Å². The molecule has 1 aliphatic rings. The topological polar surface area (TPSA) is 78.9 Å². The maximum Gasteiger partial charge on any atom is 0.472 e. The predicted octanol–water partition coefficient (Wildman–Crippen LogP) is 6.41. The van der Waals surface area contributed by atoms with Crippen LogP contribution >= 0.6 is 7.82 Å². The first-order chi connectivity index (χ1) is 13.0. The Hall–Kier alpha value is 0.0300. The van der Waals surface area contributed by atoms with E-state index in [0.717, 1.165) is 24.3 Å². The van der Waals surface area contributed by atoms with Gasteiger partial charge in [-0.15, -0.1) is 10.3 Å². The molecule has 6 nitrogen and oxygen atoms in total. The molecule has 1 rings (SSSR count). The number of piperidine rings is 1. The lowest BCUT2D eigenvalue weighted by Gasteiger charge is -2.49. The molecule has 0 aromatic carbocycles. The molecular formula is C21H43NO5P. The van der Waals surface area contributed by atoms with Crippen molar-refractivity contribution in [3.05, 3.63) is 0 Å². The summed E-state index contributed by atoms with van der Waals surface area (Å²) in [5.41, 5.74) is -1.27. The first-order valence-corrected chi connectivity index (χ1v) is 12.6. The van der Waals surface area contributed by atoms with Crippen molar-refractivity contribution in [1.82, 2.24) is 5.06 Å². The molecule has 1 atom stereocenters. The van der Waals surface area contributed by atoms with Gasteiger partial charge in [0.05, 0.1) is 12.7 Å². The fourth-order valence-corrected chi connectivity index (χ4v) is 5.18. The molecule has 7 heteroatoms. The van der Waals surface area contributed by atoms with Crippen LogP contribution in [0.1, 0.15) is 112 Å². The molecule has 1 fully saturated rings. The number of nitrogens with zero attached hydrogens (tertiary/aromatic N) is 1. The molecule has 0 amide bonds. The fourth-order valence-electron chi connectivity index (χ4n) is 4.23. The Balaban J connectivity index is 2.19. The molecule has 1 aliphatic heterocycles. The van der Waals surface area contributed by atoms with E-state index in [1.54, 1.807) is 0 Å². The normalized spacial score (nSPS) is 22.2. The maximum atomic E-state index is 12.4. The van der Waals surface area contributed by atoms with E-state index in [0.29, 0.717) is 12.8 Å². The predicted molar refractivity (Wildman–Crippen MR) is 112 cm³/mol. The number of unbranched alkanes of at least 4 members (excludes halogenated alkanes) is 9. The van der Waals surface area contributed by atoms with Gasteiger partial charge < -0.3 is 4.89 Å². The highest BCUT2D eigenvalue weighted by Gasteiger charge is 2.48. The molecule has 0 bridgehead atoms. The maximum absolute atomic E-state index is 12.4. The van der Waals surface area contributed by atoms with Crippen molar-refractivity contribution in [2.75, 3.05) is 6.61 Å². The van der Waals surface area contributed by atoms with Crippen LogP contribution in [-0.2, 0) is 18.8 Å². The molecule has 1 saturated heterocycles. The van der Waals surface area contributed by atoms with E-state index < -0.39 is 25.0 Å². The van der Waals surface area contributed by atoms with Crippen LogP contribution < -0.4 is 0 Å². The number of hydroxylamine groups is 2. The Morgan fingerprint density at radius 3 is 1.79 bits per heavy atom. The monoisotopic (exact) mass is 420 g/mol. The van der Waals surface area contributed by atoms with Crippen molar-refractivity contribution >= 4 is 7.82 Å². The Morgan fingerprint density at radius 2 is 1.32 bits per heavy atom. The van der Waals surface area contributed by atoms with Gasteiger partial charge in [-0.2, -0.15) is 0 Å². The molecule has 1 N–H and O–H groups in total. The average Bonchev–Trinajstić information content (AvgIpc) is 2.56. The highest BCUT2D eigenvalue weighted by molar-refractivity contribution is 7.47. The van der Waals surface area contributed by atoms with Gasteiger partial charge in [-0.05, 0) is 47.0 Å². The van der Waals surface area contributed by atoms with E-state index in [1.807, 2.05) is 27.7 Å². The van der Waals surface area contributed by atoms with E-state index in [2.05, 4.69) is 6.92 Å². The van der Waals surface area contributed by atoms with Crippen LogP contribution in [0, 0.1) is 0 Å². The minimum absolute atomic E-state index is 0.234. The Kier molecular flexibility index (Phi) is 11.2. The Morgan fingerprint density at radius 1 is 0.893 bits per heavy atom. The summed E-state index contributed by atoms with van der Waals surface area (Å²) in [4.78, 5) is 10.0. The third kappa shape index (κ3) is 9.69. The molecule has 1 heterocycles. The first kappa shape index (κ1) is 26.1. The van der Waals surface area contributed by atoms with Crippen molar-refractivity contribution in [2.24, 2.45) is 0 Å². The highest BCUT2D eigenvalue weighted by atomic mass is 31.2. The third-order valence-electron chi connectivity index (χ3n) is 5.59. The summed E-state index contributed by atoms with van der Waals surface area (Å²) < 4.78 is 22.8. The molecule has 167 valence electrons. The van der Waals surface area contributed by atoms with E-state index in [4.69, 9.17) is 9.05 Å². The van der Waals surface area contributed by atoms with Crippen LogP contribution in [0.15, 0.2) is 0 Å². The largest absolute Gasteiger partial charge is 0.472 e. The van der Waals surface area contributed by atoms with Crippen molar-refractivity contribution in [3.63, 3.8) is 0 Å². The summed E-state index contributed by atoms with van der Waals surface area (Å²) in [6.45, 7) is 9.81. The summed E-state index contributed by atoms with van der Waals surface area (Å²) in [7, 11) is -4.09. The summed E-state index contributed by atoms with van der Waals surface area (Å²) >= 11 is 0. The standard InChI is InChI=1S/C21H43NO5P/c1-6-7-8-9-10-11-12-13-14-15-16-26-28(24,25)27-19-17-20(2,3)22(23)21(4,5)18-19/h19H,6-18H2,1-5H3,(H,24,25). The number of phosphoric ester groups is 1. The van der Waals surface area contributed by atoms with Crippen molar-refractivity contribution in [3.8, 4) is 0 Å². The van der Waals surface area contributed by atoms with Crippen molar-refractivity contribution in [1.29, 1.82) is 0 Å². The third-order valence-corrected chi connectivity index (χ3v) is 6.66. The smallest absolute Gasteiger partial charge is 0.302 e. The molecular weight excluding hydrogens is 377 g/mol. The second-order valence-electron chi connectivity index (χ2n) is 9.54. The number of hydrogen-bond acceptors (Lipinski definition) is 4. The van der Waals surface area contributed by atoms with Gasteiger partial charge in [0, 0.05) is 11.1 Å². The van der Waals surface area contributed by atoms with Crippen LogP contribution in [0.5, 0.6) is 0 Å². The summed E-state index contributed by atoms with van der Waals surface area (Å²) in [5, 5.41) is 13.4. The first-order valence-electron chi connectivity index (χ1n) is 11.1. The van der Waals surface area contributed by atoms with Crippen LogP contribution in [0.25, 0.3) is 0 Å². The molecule has 28 heavy (non-hydrogen) atoms. The fraction of sp³-hybridized carbons (Fsp3) is 1.00. The highest BCUT2D eigenvalue weighted by Crippen LogP contribution is 2.49. The van der Waals surface area contributed by atoms with Crippen molar-refractivity contribution in [2.45, 2.75) is 129 Å². The van der Waals surface area contributed by atoms with E-state index >= 15 is 0 Å². The zero-order valence-corrected chi connectivity index (χ0v) is 19.6. The number of hydrogen-bond donors (Lipinski definition) is 1. The van der Waals surface area contributed by atoms with Gasteiger partial charge in [-0.3, -0.25) is 9.05 Å². The summed E-state index contributed by atoms with van der Waals surface area (Å²) in [5.74, 6) is 0. The minimum Gasteiger partial charge on any atom is -0.302 e. The van der Waals surface area contributed by atoms with Crippen LogP contribution in [-0.4, -0.2) is 33.7 Å². The molecule has 0 aromatic rings. The molecule has 0 spiro atoms. The van der Waals surface area contributed by atoms with Crippen LogP contribution in [0.4, 0.5) is 0 Å². The van der Waals surface area contributed by atoms with E-state index in [-0.39, 0.29) is 6.61 Å². The van der Waals surface area contributed by atoms with Gasteiger partial charge in [-0.1, -0.05) is 64.7 Å². The summed E-state index contributed by atoms with van der Waals surface area (Å²) in [6, 6.07) is 0. The number of rotatable bonds is 14. The number of phosphoric acid groups is 1. The second-order valence-corrected chi connectivity index (χ2v) is 10.9. The lowest BCUT2D eigenvalue weighted by Crippen LogP contribution is -2.59. The Labute approximate surface area is 172 Å². The molecule has 1 unspecified atom stereocenters. The van der Waals surface area contributed by atoms with E-state index in [9.17, 15) is 14.7 Å². The quantitative estimate of drug-likeness (QED) is 0.259. The Bertz CT molecular complexity index is 465. The minimum atomic E-state index is -4.09. The molecule has 0 saturated carbocycles. The molecule has 1 radical (unpaired) electrons. The van der Waals surface area contributed by atoms with Crippen LogP contribution in [0.2, 0.25) is 0 Å².